The highest BCUT2D eigenvalue weighted by atomic mass is 31.2. The van der Waals surface area contributed by atoms with Crippen LogP contribution >= 0.6 is 7.26 Å². The van der Waals surface area contributed by atoms with Crippen LogP contribution in [-0.2, 0) is 0 Å². The molecular weight excluding hydrogens is 271 g/mol. The molecule has 1 heteroatoms. The maximum absolute atomic E-state index is 2.42. The fourth-order valence-corrected chi connectivity index (χ4v) is 5.92. The highest BCUT2D eigenvalue weighted by Crippen LogP contribution is 2.51. The van der Waals surface area contributed by atoms with E-state index in [0.29, 0.717) is 0 Å². The zero-order chi connectivity index (χ0) is 14.7. The van der Waals surface area contributed by atoms with E-state index >= 15 is 0 Å². The lowest BCUT2D eigenvalue weighted by Crippen LogP contribution is -2.30. The van der Waals surface area contributed by atoms with Crippen LogP contribution in [0.4, 0.5) is 0 Å². The lowest BCUT2D eigenvalue weighted by molar-refractivity contribution is 1.49. The number of hydrogen-bond donors (Lipinski definition) is 0. The molecule has 0 unspecified atom stereocenters. The minimum absolute atomic E-state index is 1.31. The zero-order valence-corrected chi connectivity index (χ0v) is 13.4. The van der Waals surface area contributed by atoms with Gasteiger partial charge in [-0.3, -0.25) is 0 Å². The maximum Gasteiger partial charge on any atom is 0.109 e. The van der Waals surface area contributed by atoms with Crippen molar-refractivity contribution >= 4 is 23.2 Å². The second kappa shape index (κ2) is 5.84. The lowest BCUT2D eigenvalue weighted by atomic mass is 10.2. The predicted molar refractivity (Wildman–Crippen MR) is 95.8 cm³/mol. The molecule has 3 rings (SSSR count). The van der Waals surface area contributed by atoms with E-state index in [1.807, 2.05) is 0 Å². The summed E-state index contributed by atoms with van der Waals surface area (Å²) in [5.74, 6) is 0. The number of aryl methyl sites for hydroxylation is 1. The van der Waals surface area contributed by atoms with Crippen LogP contribution in [-0.4, -0.2) is 6.66 Å². The van der Waals surface area contributed by atoms with Crippen molar-refractivity contribution < 1.29 is 0 Å². The number of benzene rings is 3. The topological polar surface area (TPSA) is 0 Å². The average molecular weight is 291 g/mol. The van der Waals surface area contributed by atoms with E-state index in [0.717, 1.165) is 0 Å². The van der Waals surface area contributed by atoms with Gasteiger partial charge in [-0.1, -0.05) is 54.1 Å². The Hall–Kier alpha value is -1.91. The molecule has 0 heterocycles. The van der Waals surface area contributed by atoms with Crippen LogP contribution in [0, 0.1) is 6.92 Å². The summed E-state index contributed by atoms with van der Waals surface area (Å²) in [7, 11) is -1.55. The molecule has 0 amide bonds. The molecule has 0 radical (unpaired) electrons. The molecule has 3 aromatic rings. The Morgan fingerprint density at radius 2 is 0.905 bits per heavy atom. The third-order valence-corrected chi connectivity index (χ3v) is 8.09. The summed E-state index contributed by atoms with van der Waals surface area (Å²) >= 11 is 0. The average Bonchev–Trinajstić information content (AvgIpc) is 2.56. The smallest absolute Gasteiger partial charge is 0.0620 e. The van der Waals surface area contributed by atoms with Crippen molar-refractivity contribution in [1.82, 2.24) is 0 Å². The minimum Gasteiger partial charge on any atom is -0.0620 e. The van der Waals surface area contributed by atoms with Crippen molar-refractivity contribution in [3.05, 3.63) is 90.5 Å². The molecule has 3 aromatic carbocycles. The van der Waals surface area contributed by atoms with Crippen LogP contribution < -0.4 is 15.9 Å². The third kappa shape index (κ3) is 2.64. The summed E-state index contributed by atoms with van der Waals surface area (Å²) in [5, 5.41) is 4.30. The molecule has 0 aliphatic rings. The van der Waals surface area contributed by atoms with Crippen LogP contribution in [0.1, 0.15) is 5.56 Å². The fraction of sp³-hybridized carbons (Fsp3) is 0.100. The molecule has 0 aromatic heterocycles. The summed E-state index contributed by atoms with van der Waals surface area (Å²) in [4.78, 5) is 0. The van der Waals surface area contributed by atoms with Crippen molar-refractivity contribution in [2.75, 3.05) is 6.66 Å². The molecule has 0 saturated heterocycles. The fourth-order valence-electron chi connectivity index (χ4n) is 2.74. The zero-order valence-electron chi connectivity index (χ0n) is 12.5. The van der Waals surface area contributed by atoms with Crippen molar-refractivity contribution in [2.24, 2.45) is 0 Å². The van der Waals surface area contributed by atoms with Crippen LogP contribution in [0.15, 0.2) is 84.9 Å². The van der Waals surface area contributed by atoms with Gasteiger partial charge < -0.3 is 0 Å². The Kier molecular flexibility index (Phi) is 3.90. The van der Waals surface area contributed by atoms with Gasteiger partial charge in [0.15, 0.2) is 0 Å². The Morgan fingerprint density at radius 3 is 1.33 bits per heavy atom. The lowest BCUT2D eigenvalue weighted by Gasteiger charge is -2.23. The second-order valence-electron chi connectivity index (χ2n) is 5.51. The molecule has 0 fully saturated rings. The van der Waals surface area contributed by atoms with Crippen molar-refractivity contribution in [2.45, 2.75) is 6.92 Å². The van der Waals surface area contributed by atoms with E-state index in [4.69, 9.17) is 0 Å². The van der Waals surface area contributed by atoms with E-state index in [1.165, 1.54) is 21.5 Å². The Morgan fingerprint density at radius 1 is 0.524 bits per heavy atom. The molecule has 0 nitrogen and oxygen atoms in total. The van der Waals surface area contributed by atoms with Crippen LogP contribution in [0.25, 0.3) is 0 Å². The van der Waals surface area contributed by atoms with E-state index in [1.54, 1.807) is 0 Å². The third-order valence-electron chi connectivity index (χ3n) is 4.10. The van der Waals surface area contributed by atoms with Crippen molar-refractivity contribution in [1.29, 1.82) is 0 Å². The molecule has 0 spiro atoms. The van der Waals surface area contributed by atoms with E-state index in [9.17, 15) is 0 Å². The molecule has 104 valence electrons. The van der Waals surface area contributed by atoms with Crippen LogP contribution in [0.5, 0.6) is 0 Å². The first-order valence-electron chi connectivity index (χ1n) is 7.26. The summed E-state index contributed by atoms with van der Waals surface area (Å²) in [5.41, 5.74) is 1.31. The van der Waals surface area contributed by atoms with Gasteiger partial charge in [-0.2, -0.15) is 0 Å². The summed E-state index contributed by atoms with van der Waals surface area (Å²) in [6.45, 7) is 4.56. The van der Waals surface area contributed by atoms with Gasteiger partial charge >= 0.3 is 0 Å². The van der Waals surface area contributed by atoms with Gasteiger partial charge in [0.1, 0.15) is 23.2 Å². The highest BCUT2D eigenvalue weighted by Gasteiger charge is 2.39. The quantitative estimate of drug-likeness (QED) is 0.642. The van der Waals surface area contributed by atoms with Gasteiger partial charge in [-0.15, -0.1) is 0 Å². The first-order chi connectivity index (χ1) is 10.2. The van der Waals surface area contributed by atoms with E-state index < -0.39 is 7.26 Å². The van der Waals surface area contributed by atoms with Crippen LogP contribution in [0.3, 0.4) is 0 Å². The molecule has 0 aliphatic heterocycles. The molecule has 0 atom stereocenters. The van der Waals surface area contributed by atoms with Gasteiger partial charge in [0.2, 0.25) is 0 Å². The monoisotopic (exact) mass is 291 g/mol. The Labute approximate surface area is 127 Å². The first-order valence-corrected chi connectivity index (χ1v) is 9.50. The van der Waals surface area contributed by atoms with Gasteiger partial charge in [0.05, 0.1) is 6.66 Å². The van der Waals surface area contributed by atoms with Gasteiger partial charge in [0, 0.05) is 0 Å². The SMILES string of the molecule is Cc1ccc([P+](C)(c2ccccc2)c2ccccc2)cc1. The van der Waals surface area contributed by atoms with Crippen molar-refractivity contribution in [3.8, 4) is 0 Å². The molecule has 21 heavy (non-hydrogen) atoms. The first kappa shape index (κ1) is 14.0. The second-order valence-corrected chi connectivity index (χ2v) is 9.07. The Balaban J connectivity index is 2.23. The summed E-state index contributed by atoms with van der Waals surface area (Å²) in [6, 6.07) is 30.8. The molecular formula is C20H20P+. The normalized spacial score (nSPS) is 11.3. The van der Waals surface area contributed by atoms with Crippen molar-refractivity contribution in [3.63, 3.8) is 0 Å². The van der Waals surface area contributed by atoms with Gasteiger partial charge in [0.25, 0.3) is 0 Å². The standard InChI is InChI=1S/C20H20P/c1-17-13-15-20(16-14-17)21(2,18-9-5-3-6-10-18)19-11-7-4-8-12-19/h3-16H,1-2H3/q+1. The summed E-state index contributed by atoms with van der Waals surface area (Å²) in [6.07, 6.45) is 0. The maximum atomic E-state index is 2.42. The number of rotatable bonds is 3. The van der Waals surface area contributed by atoms with E-state index in [2.05, 4.69) is 98.5 Å². The number of hydrogen-bond acceptors (Lipinski definition) is 0. The summed E-state index contributed by atoms with van der Waals surface area (Å²) < 4.78 is 0. The largest absolute Gasteiger partial charge is 0.109 e. The molecule has 0 N–H and O–H groups in total. The molecule has 0 saturated carbocycles. The predicted octanol–water partition coefficient (Wildman–Crippen LogP) is 3.92. The van der Waals surface area contributed by atoms with Gasteiger partial charge in [-0.05, 0) is 43.3 Å². The van der Waals surface area contributed by atoms with Crippen LogP contribution in [0.2, 0.25) is 0 Å². The highest BCUT2D eigenvalue weighted by molar-refractivity contribution is 7.95. The minimum atomic E-state index is -1.55. The Bertz CT molecular complexity index is 660. The van der Waals surface area contributed by atoms with E-state index in [-0.39, 0.29) is 0 Å². The molecule has 0 bridgehead atoms. The van der Waals surface area contributed by atoms with Gasteiger partial charge in [-0.25, -0.2) is 0 Å². The molecule has 0 aliphatic carbocycles.